The molecule has 2 atom stereocenters. The van der Waals surface area contributed by atoms with Crippen molar-refractivity contribution in [3.8, 4) is 0 Å². The molecule has 3 aromatic heterocycles. The predicted octanol–water partition coefficient (Wildman–Crippen LogP) is 3.17. The van der Waals surface area contributed by atoms with Crippen molar-refractivity contribution >= 4 is 11.7 Å². The number of carbonyl (C=O) groups excluding carboxylic acids is 1. The van der Waals surface area contributed by atoms with Crippen LogP contribution in [0.25, 0.3) is 5.78 Å². The van der Waals surface area contributed by atoms with Crippen molar-refractivity contribution in [1.29, 1.82) is 0 Å². The first-order valence-corrected chi connectivity index (χ1v) is 9.25. The van der Waals surface area contributed by atoms with E-state index in [0.29, 0.717) is 24.4 Å². The third-order valence-corrected chi connectivity index (χ3v) is 5.37. The fourth-order valence-corrected chi connectivity index (χ4v) is 3.75. The number of piperidine rings is 1. The van der Waals surface area contributed by atoms with Gasteiger partial charge in [0.1, 0.15) is 12.0 Å². The van der Waals surface area contributed by atoms with Crippen molar-refractivity contribution in [2.75, 3.05) is 13.1 Å². The lowest BCUT2D eigenvalue weighted by Crippen LogP contribution is -2.43. The van der Waals surface area contributed by atoms with Crippen LogP contribution in [0.5, 0.6) is 0 Å². The highest BCUT2D eigenvalue weighted by atomic mass is 19.3. The summed E-state index contributed by atoms with van der Waals surface area (Å²) in [6.45, 7) is 4.38. The molecular weight excluding hydrogens is 385 g/mol. The van der Waals surface area contributed by atoms with Gasteiger partial charge in [0.2, 0.25) is 0 Å². The Kier molecular flexibility index (Phi) is 4.93. The average molecular weight is 404 g/mol. The molecule has 3 aromatic rings. The average Bonchev–Trinajstić information content (AvgIpc) is 3.18. The molecule has 152 valence electrons. The van der Waals surface area contributed by atoms with Crippen molar-refractivity contribution in [2.24, 2.45) is 5.92 Å². The normalized spacial score (nSPS) is 19.9. The molecule has 4 heterocycles. The van der Waals surface area contributed by atoms with Gasteiger partial charge in [-0.15, -0.1) is 0 Å². The molecule has 0 radical (unpaired) electrons. The molecule has 1 saturated heterocycles. The standard InChI is InChI=1S/C19H19F3N6O/c1-10-3-4-27(18(29)12-5-11(2)23-7-14(12)20)8-13(10)16-6-15(17(21)22)26-19-24-9-25-28(16)19/h5-7,9-10,13,17H,3-4,8H2,1-2H3/t10-,13-/m1/s1. The lowest BCUT2D eigenvalue weighted by molar-refractivity contribution is 0.0660. The molecule has 10 heteroatoms. The smallest absolute Gasteiger partial charge is 0.280 e. The fraction of sp³-hybridized carbons (Fsp3) is 0.421. The van der Waals surface area contributed by atoms with E-state index < -0.39 is 18.1 Å². The van der Waals surface area contributed by atoms with Gasteiger partial charge in [0, 0.05) is 24.7 Å². The number of hydrogen-bond acceptors (Lipinski definition) is 5. The van der Waals surface area contributed by atoms with Crippen LogP contribution in [0.15, 0.2) is 24.7 Å². The quantitative estimate of drug-likeness (QED) is 0.670. The van der Waals surface area contributed by atoms with Crippen molar-refractivity contribution in [3.63, 3.8) is 0 Å². The van der Waals surface area contributed by atoms with Crippen LogP contribution < -0.4 is 0 Å². The first kappa shape index (κ1) is 19.3. The fourth-order valence-electron chi connectivity index (χ4n) is 3.75. The number of pyridine rings is 1. The van der Waals surface area contributed by atoms with E-state index in [1.54, 1.807) is 11.8 Å². The molecule has 4 rings (SSSR count). The summed E-state index contributed by atoms with van der Waals surface area (Å²) < 4.78 is 42.2. The third kappa shape index (κ3) is 3.54. The molecule has 0 spiro atoms. The van der Waals surface area contributed by atoms with Crippen molar-refractivity contribution < 1.29 is 18.0 Å². The van der Waals surface area contributed by atoms with Gasteiger partial charge >= 0.3 is 0 Å². The lowest BCUT2D eigenvalue weighted by atomic mass is 9.84. The monoisotopic (exact) mass is 404 g/mol. The number of carbonyl (C=O) groups is 1. The van der Waals surface area contributed by atoms with Crippen LogP contribution in [-0.4, -0.2) is 48.5 Å². The minimum Gasteiger partial charge on any atom is -0.338 e. The number of alkyl halides is 2. The zero-order valence-electron chi connectivity index (χ0n) is 15.9. The molecule has 1 aliphatic rings. The Morgan fingerprint density at radius 1 is 1.28 bits per heavy atom. The summed E-state index contributed by atoms with van der Waals surface area (Å²) in [5, 5.41) is 4.11. The van der Waals surface area contributed by atoms with E-state index in [9.17, 15) is 18.0 Å². The maximum absolute atomic E-state index is 14.2. The number of halogens is 3. The molecule has 1 fully saturated rings. The van der Waals surface area contributed by atoms with Gasteiger partial charge in [0.05, 0.1) is 17.5 Å². The van der Waals surface area contributed by atoms with Gasteiger partial charge in [-0.1, -0.05) is 6.92 Å². The SMILES string of the molecule is Cc1cc(C(=O)N2CC[C@@H](C)[C@H](c3cc(C(F)F)nc4ncnn34)C2)c(F)cn1. The van der Waals surface area contributed by atoms with E-state index in [1.165, 1.54) is 23.0 Å². The van der Waals surface area contributed by atoms with Crippen LogP contribution >= 0.6 is 0 Å². The van der Waals surface area contributed by atoms with Gasteiger partial charge in [-0.2, -0.15) is 10.1 Å². The van der Waals surface area contributed by atoms with Crippen LogP contribution in [-0.2, 0) is 0 Å². The van der Waals surface area contributed by atoms with E-state index in [2.05, 4.69) is 20.1 Å². The Labute approximate surface area is 164 Å². The van der Waals surface area contributed by atoms with E-state index in [4.69, 9.17) is 0 Å². The lowest BCUT2D eigenvalue weighted by Gasteiger charge is -2.37. The zero-order valence-corrected chi connectivity index (χ0v) is 15.9. The number of hydrogen-bond donors (Lipinski definition) is 0. The van der Waals surface area contributed by atoms with Crippen LogP contribution in [0.4, 0.5) is 13.2 Å². The van der Waals surface area contributed by atoms with E-state index in [1.807, 2.05) is 6.92 Å². The number of aryl methyl sites for hydroxylation is 1. The molecule has 0 aliphatic carbocycles. The van der Waals surface area contributed by atoms with E-state index in [0.717, 1.165) is 6.20 Å². The zero-order chi connectivity index (χ0) is 20.7. The van der Waals surface area contributed by atoms with Gasteiger partial charge in [0.15, 0.2) is 5.82 Å². The van der Waals surface area contributed by atoms with E-state index in [-0.39, 0.29) is 35.4 Å². The molecule has 0 bridgehead atoms. The second kappa shape index (κ2) is 7.41. The summed E-state index contributed by atoms with van der Waals surface area (Å²) in [5.41, 5.74) is 0.627. The van der Waals surface area contributed by atoms with Crippen LogP contribution in [0, 0.1) is 18.7 Å². The van der Waals surface area contributed by atoms with E-state index >= 15 is 0 Å². The largest absolute Gasteiger partial charge is 0.338 e. The first-order valence-electron chi connectivity index (χ1n) is 9.25. The van der Waals surface area contributed by atoms with Crippen LogP contribution in [0.2, 0.25) is 0 Å². The highest BCUT2D eigenvalue weighted by Gasteiger charge is 2.34. The molecule has 7 nitrogen and oxygen atoms in total. The first-order chi connectivity index (χ1) is 13.8. The molecule has 1 amide bonds. The third-order valence-electron chi connectivity index (χ3n) is 5.37. The van der Waals surface area contributed by atoms with Gasteiger partial charge in [-0.05, 0) is 31.4 Å². The Hall–Kier alpha value is -3.04. The molecule has 0 aromatic carbocycles. The number of fused-ring (bicyclic) bond motifs is 1. The molecule has 0 saturated carbocycles. The van der Waals surface area contributed by atoms with Crippen molar-refractivity contribution in [3.05, 3.63) is 53.1 Å². The van der Waals surface area contributed by atoms with Crippen LogP contribution in [0.3, 0.4) is 0 Å². The second-order valence-corrected chi connectivity index (χ2v) is 7.31. The highest BCUT2D eigenvalue weighted by Crippen LogP contribution is 2.34. The summed E-state index contributed by atoms with van der Waals surface area (Å²) in [7, 11) is 0. The maximum atomic E-state index is 14.2. The minimum atomic E-state index is -2.75. The summed E-state index contributed by atoms with van der Waals surface area (Å²) in [6, 6.07) is 2.74. The Morgan fingerprint density at radius 3 is 2.83 bits per heavy atom. The molecule has 29 heavy (non-hydrogen) atoms. The Bertz CT molecular complexity index is 1070. The number of likely N-dealkylation sites (tertiary alicyclic amines) is 1. The number of amides is 1. The van der Waals surface area contributed by atoms with Crippen molar-refractivity contribution in [2.45, 2.75) is 32.6 Å². The maximum Gasteiger partial charge on any atom is 0.280 e. The summed E-state index contributed by atoms with van der Waals surface area (Å²) in [6.07, 6.45) is 0.182. The van der Waals surface area contributed by atoms with Gasteiger partial charge in [-0.25, -0.2) is 22.7 Å². The van der Waals surface area contributed by atoms with Crippen molar-refractivity contribution in [1.82, 2.24) is 29.5 Å². The Balaban J connectivity index is 1.70. The van der Waals surface area contributed by atoms with Gasteiger partial charge in [0.25, 0.3) is 18.1 Å². The minimum absolute atomic E-state index is 0.0419. The number of aromatic nitrogens is 5. The molecular formula is C19H19F3N6O. The topological polar surface area (TPSA) is 76.3 Å². The second-order valence-electron chi connectivity index (χ2n) is 7.31. The summed E-state index contributed by atoms with van der Waals surface area (Å²) in [4.78, 5) is 26.1. The highest BCUT2D eigenvalue weighted by molar-refractivity contribution is 5.94. The summed E-state index contributed by atoms with van der Waals surface area (Å²) >= 11 is 0. The number of nitrogens with zero attached hydrogens (tertiary/aromatic N) is 6. The molecule has 0 N–H and O–H groups in total. The number of rotatable bonds is 3. The van der Waals surface area contributed by atoms with Crippen LogP contribution in [0.1, 0.15) is 53.1 Å². The van der Waals surface area contributed by atoms with Gasteiger partial charge < -0.3 is 4.90 Å². The molecule has 0 unspecified atom stereocenters. The molecule has 1 aliphatic heterocycles. The Morgan fingerprint density at radius 2 is 2.07 bits per heavy atom. The predicted molar refractivity (Wildman–Crippen MR) is 97.1 cm³/mol. The van der Waals surface area contributed by atoms with Gasteiger partial charge in [-0.3, -0.25) is 9.78 Å². The summed E-state index contributed by atoms with van der Waals surface area (Å²) in [5.74, 6) is -1.21.